The van der Waals surface area contributed by atoms with Gasteiger partial charge in [0.2, 0.25) is 0 Å². The number of hydrogen-bond acceptors (Lipinski definition) is 2. The molecule has 2 N–H and O–H groups in total. The lowest BCUT2D eigenvalue weighted by Gasteiger charge is -2.52. The van der Waals surface area contributed by atoms with Crippen molar-refractivity contribution in [3.63, 3.8) is 0 Å². The predicted octanol–water partition coefficient (Wildman–Crippen LogP) is 3.70. The first-order chi connectivity index (χ1) is 10.6. The number of carboxylic acids is 1. The molecule has 8 unspecified atom stereocenters. The fourth-order valence-electron chi connectivity index (χ4n) is 6.71. The standard InChI is InChI=1S/C19H30O3/c20-16-8-15-7-13-5-11-3-1-2-4-12(11)6-14(13)9-17(15)18(10-16)19(21)22/h11-18,20H,1-10H2,(H,21,22). The molecule has 0 saturated heterocycles. The van der Waals surface area contributed by atoms with Crippen LogP contribution in [0.4, 0.5) is 0 Å². The third kappa shape index (κ3) is 2.60. The second kappa shape index (κ2) is 5.81. The first-order valence-corrected chi connectivity index (χ1v) is 9.52. The smallest absolute Gasteiger partial charge is 0.306 e. The van der Waals surface area contributed by atoms with Gasteiger partial charge in [0.05, 0.1) is 12.0 Å². The van der Waals surface area contributed by atoms with Gasteiger partial charge in [-0.15, -0.1) is 0 Å². The zero-order chi connectivity index (χ0) is 15.3. The Hall–Kier alpha value is -0.570. The number of fused-ring (bicyclic) bond motifs is 3. The normalized spacial score (nSPS) is 51.3. The number of aliphatic hydroxyl groups excluding tert-OH is 1. The van der Waals surface area contributed by atoms with E-state index in [9.17, 15) is 15.0 Å². The number of hydrogen-bond donors (Lipinski definition) is 2. The van der Waals surface area contributed by atoms with Crippen LogP contribution < -0.4 is 0 Å². The maximum Gasteiger partial charge on any atom is 0.306 e. The lowest BCUT2D eigenvalue weighted by Crippen LogP contribution is -2.47. The van der Waals surface area contributed by atoms with Crippen LogP contribution in [0.1, 0.15) is 64.2 Å². The SMILES string of the molecule is O=C(O)C1CC(O)CC2CC3CC4CCCCC4CC3CC21. The lowest BCUT2D eigenvalue weighted by molar-refractivity contribution is -0.152. The highest BCUT2D eigenvalue weighted by Gasteiger charge is 2.49. The molecule has 4 aliphatic rings. The Labute approximate surface area is 133 Å². The summed E-state index contributed by atoms with van der Waals surface area (Å²) in [6, 6.07) is 0. The molecule has 0 aliphatic heterocycles. The Kier molecular flexibility index (Phi) is 3.96. The second-order valence-corrected chi connectivity index (χ2v) is 8.76. The molecule has 22 heavy (non-hydrogen) atoms. The van der Waals surface area contributed by atoms with Crippen LogP contribution in [-0.4, -0.2) is 22.3 Å². The molecule has 8 atom stereocenters. The van der Waals surface area contributed by atoms with Crippen LogP contribution in [-0.2, 0) is 4.79 Å². The average molecular weight is 306 g/mol. The minimum absolute atomic E-state index is 0.293. The molecular formula is C19H30O3. The van der Waals surface area contributed by atoms with E-state index in [1.807, 2.05) is 0 Å². The van der Waals surface area contributed by atoms with E-state index in [0.29, 0.717) is 18.3 Å². The summed E-state index contributed by atoms with van der Waals surface area (Å²) in [4.78, 5) is 11.6. The Morgan fingerprint density at radius 3 is 1.95 bits per heavy atom. The first kappa shape index (κ1) is 15.0. The molecule has 3 nitrogen and oxygen atoms in total. The first-order valence-electron chi connectivity index (χ1n) is 9.52. The minimum Gasteiger partial charge on any atom is -0.481 e. The molecule has 4 fully saturated rings. The van der Waals surface area contributed by atoms with Gasteiger partial charge >= 0.3 is 5.97 Å². The molecule has 0 aromatic heterocycles. The number of aliphatic hydroxyl groups is 1. The summed E-state index contributed by atoms with van der Waals surface area (Å²) >= 11 is 0. The largest absolute Gasteiger partial charge is 0.481 e. The van der Waals surface area contributed by atoms with E-state index in [1.165, 1.54) is 44.9 Å². The summed E-state index contributed by atoms with van der Waals surface area (Å²) in [7, 11) is 0. The number of carbonyl (C=O) groups is 1. The second-order valence-electron chi connectivity index (χ2n) is 8.76. The highest BCUT2D eigenvalue weighted by atomic mass is 16.4. The summed E-state index contributed by atoms with van der Waals surface area (Å²) in [6.45, 7) is 0. The summed E-state index contributed by atoms with van der Waals surface area (Å²) in [5, 5.41) is 19.7. The number of aliphatic carboxylic acids is 1. The number of rotatable bonds is 1. The fourth-order valence-corrected chi connectivity index (χ4v) is 6.71. The van der Waals surface area contributed by atoms with Crippen LogP contribution in [0, 0.1) is 41.4 Å². The van der Waals surface area contributed by atoms with Gasteiger partial charge in [-0.1, -0.05) is 25.7 Å². The Balaban J connectivity index is 1.50. The van der Waals surface area contributed by atoms with Gasteiger partial charge in [0.1, 0.15) is 0 Å². The van der Waals surface area contributed by atoms with Crippen molar-refractivity contribution in [2.75, 3.05) is 0 Å². The van der Waals surface area contributed by atoms with E-state index in [4.69, 9.17) is 0 Å². The van der Waals surface area contributed by atoms with Crippen LogP contribution in [0.3, 0.4) is 0 Å². The molecule has 0 bridgehead atoms. The summed E-state index contributed by atoms with van der Waals surface area (Å²) in [5.41, 5.74) is 0. The molecule has 3 heteroatoms. The van der Waals surface area contributed by atoms with Gasteiger partial charge in [-0.2, -0.15) is 0 Å². The molecule has 0 heterocycles. The van der Waals surface area contributed by atoms with Crippen LogP contribution in [0.2, 0.25) is 0 Å². The molecule has 0 aromatic rings. The van der Waals surface area contributed by atoms with Crippen molar-refractivity contribution in [2.24, 2.45) is 41.4 Å². The molecular weight excluding hydrogens is 276 g/mol. The monoisotopic (exact) mass is 306 g/mol. The maximum absolute atomic E-state index is 11.6. The zero-order valence-electron chi connectivity index (χ0n) is 13.5. The Morgan fingerprint density at radius 1 is 0.727 bits per heavy atom. The van der Waals surface area contributed by atoms with E-state index < -0.39 is 5.97 Å². The summed E-state index contributed by atoms with van der Waals surface area (Å²) in [5.74, 6) is 3.32. The summed E-state index contributed by atoms with van der Waals surface area (Å²) < 4.78 is 0. The molecule has 0 radical (unpaired) electrons. The van der Waals surface area contributed by atoms with Crippen molar-refractivity contribution in [3.8, 4) is 0 Å². The van der Waals surface area contributed by atoms with Crippen molar-refractivity contribution in [1.29, 1.82) is 0 Å². The van der Waals surface area contributed by atoms with Gasteiger partial charge in [-0.05, 0) is 74.0 Å². The lowest BCUT2D eigenvalue weighted by atomic mass is 9.53. The van der Waals surface area contributed by atoms with E-state index in [0.717, 1.165) is 36.5 Å². The zero-order valence-corrected chi connectivity index (χ0v) is 13.5. The van der Waals surface area contributed by atoms with E-state index >= 15 is 0 Å². The van der Waals surface area contributed by atoms with Gasteiger partial charge in [0.15, 0.2) is 0 Å². The molecule has 4 aliphatic carbocycles. The third-order valence-electron chi connectivity index (χ3n) is 7.66. The fraction of sp³-hybridized carbons (Fsp3) is 0.947. The van der Waals surface area contributed by atoms with Crippen molar-refractivity contribution >= 4 is 5.97 Å². The van der Waals surface area contributed by atoms with Crippen LogP contribution in [0.25, 0.3) is 0 Å². The quantitative estimate of drug-likeness (QED) is 0.776. The molecule has 124 valence electrons. The van der Waals surface area contributed by atoms with E-state index in [2.05, 4.69) is 0 Å². The minimum atomic E-state index is -0.668. The number of carboxylic acid groups (broad SMARTS) is 1. The van der Waals surface area contributed by atoms with Gasteiger partial charge in [0, 0.05) is 0 Å². The molecule has 0 spiro atoms. The van der Waals surface area contributed by atoms with Gasteiger partial charge in [-0.3, -0.25) is 4.79 Å². The van der Waals surface area contributed by atoms with E-state index in [-0.39, 0.29) is 12.0 Å². The van der Waals surface area contributed by atoms with Crippen molar-refractivity contribution in [3.05, 3.63) is 0 Å². The van der Waals surface area contributed by atoms with Crippen LogP contribution in [0.15, 0.2) is 0 Å². The molecule has 4 rings (SSSR count). The Morgan fingerprint density at radius 2 is 1.32 bits per heavy atom. The van der Waals surface area contributed by atoms with E-state index in [1.54, 1.807) is 0 Å². The van der Waals surface area contributed by atoms with Gasteiger partial charge < -0.3 is 10.2 Å². The van der Waals surface area contributed by atoms with Gasteiger partial charge in [0.25, 0.3) is 0 Å². The maximum atomic E-state index is 11.6. The third-order valence-corrected chi connectivity index (χ3v) is 7.66. The average Bonchev–Trinajstić information content (AvgIpc) is 2.50. The van der Waals surface area contributed by atoms with Crippen molar-refractivity contribution in [1.82, 2.24) is 0 Å². The predicted molar refractivity (Wildman–Crippen MR) is 84.2 cm³/mol. The highest BCUT2D eigenvalue weighted by Crippen LogP contribution is 2.55. The molecule has 0 aromatic carbocycles. The summed E-state index contributed by atoms with van der Waals surface area (Å²) in [6.07, 6.45) is 11.7. The van der Waals surface area contributed by atoms with Crippen molar-refractivity contribution < 1.29 is 15.0 Å². The highest BCUT2D eigenvalue weighted by molar-refractivity contribution is 5.70. The van der Waals surface area contributed by atoms with Crippen LogP contribution in [0.5, 0.6) is 0 Å². The molecule has 0 amide bonds. The van der Waals surface area contributed by atoms with Gasteiger partial charge in [-0.25, -0.2) is 0 Å². The topological polar surface area (TPSA) is 57.5 Å². The Bertz CT molecular complexity index is 434. The van der Waals surface area contributed by atoms with Crippen molar-refractivity contribution in [2.45, 2.75) is 70.3 Å². The van der Waals surface area contributed by atoms with Crippen LogP contribution >= 0.6 is 0 Å². The molecule has 4 saturated carbocycles.